The predicted molar refractivity (Wildman–Crippen MR) is 84.4 cm³/mol. The number of anilines is 1. The second-order valence-corrected chi connectivity index (χ2v) is 6.14. The summed E-state index contributed by atoms with van der Waals surface area (Å²) in [5.41, 5.74) is 3.57. The van der Waals surface area contributed by atoms with Crippen molar-refractivity contribution in [1.29, 1.82) is 0 Å². The number of hydrogen-bond donors (Lipinski definition) is 3. The number of hydrogen-bond acceptors (Lipinski definition) is 5. The molecule has 2 heterocycles. The van der Waals surface area contributed by atoms with Gasteiger partial charge in [-0.3, -0.25) is 15.0 Å². The van der Waals surface area contributed by atoms with Gasteiger partial charge in [0, 0.05) is 18.1 Å². The first-order valence-electron chi connectivity index (χ1n) is 7.51. The summed E-state index contributed by atoms with van der Waals surface area (Å²) in [5, 5.41) is 14.5. The monoisotopic (exact) mass is 339 g/mol. The molecule has 1 aromatic carbocycles. The zero-order valence-corrected chi connectivity index (χ0v) is 13.2. The van der Waals surface area contributed by atoms with Crippen LogP contribution < -0.4 is 15.5 Å². The smallest absolute Gasteiger partial charge is 0.306 e. The lowest BCUT2D eigenvalue weighted by molar-refractivity contribution is -0.144. The average molecular weight is 340 g/mol. The van der Waals surface area contributed by atoms with Crippen LogP contribution in [-0.4, -0.2) is 47.7 Å². The van der Waals surface area contributed by atoms with Crippen LogP contribution in [0.5, 0.6) is 5.75 Å². The van der Waals surface area contributed by atoms with Gasteiger partial charge in [0.15, 0.2) is 6.10 Å². The highest BCUT2D eigenvalue weighted by atomic mass is 35.5. The SMILES string of the molecule is O=C(O)C1CCN(NC(=O)C2CNc3cc(Cl)ccc3O2)CC1. The van der Waals surface area contributed by atoms with Crippen LogP contribution in [0.3, 0.4) is 0 Å². The van der Waals surface area contributed by atoms with Crippen molar-refractivity contribution < 1.29 is 19.4 Å². The number of nitrogens with zero attached hydrogens (tertiary/aromatic N) is 1. The summed E-state index contributed by atoms with van der Waals surface area (Å²) < 4.78 is 5.70. The number of piperidine rings is 1. The Morgan fingerprint density at radius 2 is 2.09 bits per heavy atom. The summed E-state index contributed by atoms with van der Waals surface area (Å²) >= 11 is 5.92. The predicted octanol–water partition coefficient (Wildman–Crippen LogP) is 1.34. The van der Waals surface area contributed by atoms with Gasteiger partial charge in [-0.25, -0.2) is 5.01 Å². The summed E-state index contributed by atoms with van der Waals surface area (Å²) in [5.74, 6) is -0.754. The summed E-state index contributed by atoms with van der Waals surface area (Å²) in [4.78, 5) is 23.2. The lowest BCUT2D eigenvalue weighted by Crippen LogP contribution is -2.53. The molecular formula is C15H18ClN3O4. The van der Waals surface area contributed by atoms with Crippen molar-refractivity contribution in [2.24, 2.45) is 5.92 Å². The normalized spacial score (nSPS) is 21.7. The number of hydrazine groups is 1. The molecule has 0 radical (unpaired) electrons. The molecule has 23 heavy (non-hydrogen) atoms. The molecule has 1 aromatic rings. The van der Waals surface area contributed by atoms with Gasteiger partial charge in [-0.15, -0.1) is 0 Å². The van der Waals surface area contributed by atoms with Crippen LogP contribution in [0.25, 0.3) is 0 Å². The van der Waals surface area contributed by atoms with Crippen molar-refractivity contribution in [2.45, 2.75) is 18.9 Å². The van der Waals surface area contributed by atoms with E-state index in [1.54, 1.807) is 23.2 Å². The molecule has 2 aliphatic heterocycles. The molecule has 1 unspecified atom stereocenters. The van der Waals surface area contributed by atoms with Crippen molar-refractivity contribution in [2.75, 3.05) is 25.0 Å². The minimum Gasteiger partial charge on any atom is -0.481 e. The number of ether oxygens (including phenoxy) is 1. The third-order valence-corrected chi connectivity index (χ3v) is 4.33. The van der Waals surface area contributed by atoms with Crippen LogP contribution in [0.15, 0.2) is 18.2 Å². The highest BCUT2D eigenvalue weighted by Crippen LogP contribution is 2.31. The fourth-order valence-electron chi connectivity index (χ4n) is 2.75. The highest BCUT2D eigenvalue weighted by molar-refractivity contribution is 6.30. The molecule has 1 fully saturated rings. The third-order valence-electron chi connectivity index (χ3n) is 4.09. The lowest BCUT2D eigenvalue weighted by atomic mass is 9.98. The summed E-state index contributed by atoms with van der Waals surface area (Å²) in [6.07, 6.45) is 0.419. The van der Waals surface area contributed by atoms with Gasteiger partial charge in [0.1, 0.15) is 5.75 Å². The zero-order chi connectivity index (χ0) is 16.4. The maximum Gasteiger partial charge on any atom is 0.306 e. The van der Waals surface area contributed by atoms with E-state index in [1.165, 1.54) is 0 Å². The molecular weight excluding hydrogens is 322 g/mol. The number of fused-ring (bicyclic) bond motifs is 1. The number of carboxylic acids is 1. The Morgan fingerprint density at radius 3 is 2.78 bits per heavy atom. The molecule has 1 atom stereocenters. The molecule has 1 saturated heterocycles. The lowest BCUT2D eigenvalue weighted by Gasteiger charge is -2.32. The van der Waals surface area contributed by atoms with Gasteiger partial charge in [-0.05, 0) is 31.0 Å². The molecule has 3 N–H and O–H groups in total. The Balaban J connectivity index is 1.54. The number of aliphatic carboxylic acids is 1. The molecule has 124 valence electrons. The van der Waals surface area contributed by atoms with Crippen molar-refractivity contribution in [1.82, 2.24) is 10.4 Å². The number of amides is 1. The van der Waals surface area contributed by atoms with E-state index in [4.69, 9.17) is 21.4 Å². The van der Waals surface area contributed by atoms with Crippen LogP contribution in [0.1, 0.15) is 12.8 Å². The summed E-state index contributed by atoms with van der Waals surface area (Å²) in [6, 6.07) is 5.18. The van der Waals surface area contributed by atoms with Crippen molar-refractivity contribution in [3.05, 3.63) is 23.2 Å². The Labute approximate surface area is 138 Å². The van der Waals surface area contributed by atoms with Crippen LogP contribution in [-0.2, 0) is 9.59 Å². The van der Waals surface area contributed by atoms with Crippen molar-refractivity contribution in [3.63, 3.8) is 0 Å². The minimum atomic E-state index is -0.772. The second-order valence-electron chi connectivity index (χ2n) is 5.70. The maximum atomic E-state index is 12.3. The molecule has 8 heteroatoms. The fraction of sp³-hybridized carbons (Fsp3) is 0.467. The zero-order valence-electron chi connectivity index (χ0n) is 12.4. The molecule has 0 spiro atoms. The Bertz CT molecular complexity index is 617. The molecule has 0 saturated carbocycles. The molecule has 2 aliphatic rings. The van der Waals surface area contributed by atoms with E-state index in [9.17, 15) is 9.59 Å². The number of halogens is 1. The fourth-order valence-corrected chi connectivity index (χ4v) is 2.93. The molecule has 1 amide bonds. The molecule has 0 bridgehead atoms. The number of rotatable bonds is 3. The Morgan fingerprint density at radius 1 is 1.35 bits per heavy atom. The van der Waals surface area contributed by atoms with Crippen molar-refractivity contribution in [3.8, 4) is 5.75 Å². The highest BCUT2D eigenvalue weighted by Gasteiger charge is 2.30. The average Bonchev–Trinajstić information content (AvgIpc) is 2.54. The van der Waals surface area contributed by atoms with Gasteiger partial charge in [0.2, 0.25) is 0 Å². The topological polar surface area (TPSA) is 90.9 Å². The Kier molecular flexibility index (Phi) is 4.58. The van der Waals surface area contributed by atoms with Gasteiger partial charge >= 0.3 is 5.97 Å². The molecule has 0 aliphatic carbocycles. The van der Waals surface area contributed by atoms with E-state index in [1.807, 2.05) is 0 Å². The van der Waals surface area contributed by atoms with Crippen LogP contribution in [0.4, 0.5) is 5.69 Å². The number of benzene rings is 1. The third kappa shape index (κ3) is 3.68. The first kappa shape index (κ1) is 15.9. The van der Waals surface area contributed by atoms with E-state index in [0.717, 1.165) is 5.69 Å². The number of carbonyl (C=O) groups is 2. The minimum absolute atomic E-state index is 0.244. The van der Waals surface area contributed by atoms with Gasteiger partial charge in [0.25, 0.3) is 5.91 Å². The summed E-state index contributed by atoms with van der Waals surface area (Å²) in [6.45, 7) is 1.40. The molecule has 7 nitrogen and oxygen atoms in total. The van der Waals surface area contributed by atoms with E-state index < -0.39 is 12.1 Å². The van der Waals surface area contributed by atoms with E-state index in [-0.39, 0.29) is 11.8 Å². The van der Waals surface area contributed by atoms with E-state index in [0.29, 0.717) is 43.2 Å². The van der Waals surface area contributed by atoms with Gasteiger partial charge in [-0.1, -0.05) is 11.6 Å². The van der Waals surface area contributed by atoms with Crippen LogP contribution >= 0.6 is 11.6 Å². The molecule has 0 aromatic heterocycles. The maximum absolute atomic E-state index is 12.3. The standard InChI is InChI=1S/C15H18ClN3O4/c16-10-1-2-12-11(7-10)17-8-13(23-12)14(20)18-19-5-3-9(4-6-19)15(21)22/h1-2,7,9,13,17H,3-6,8H2,(H,18,20)(H,21,22). The first-order valence-corrected chi connectivity index (χ1v) is 7.89. The molecule has 3 rings (SSSR count). The van der Waals surface area contributed by atoms with Gasteiger partial charge in [0.05, 0.1) is 18.2 Å². The first-order chi connectivity index (χ1) is 11.0. The van der Waals surface area contributed by atoms with E-state index in [2.05, 4.69) is 10.7 Å². The number of carboxylic acid groups (broad SMARTS) is 1. The number of carbonyl (C=O) groups excluding carboxylic acids is 1. The largest absolute Gasteiger partial charge is 0.481 e. The van der Waals surface area contributed by atoms with Crippen LogP contribution in [0.2, 0.25) is 5.02 Å². The van der Waals surface area contributed by atoms with Gasteiger partial charge in [-0.2, -0.15) is 0 Å². The summed E-state index contributed by atoms with van der Waals surface area (Å²) in [7, 11) is 0. The van der Waals surface area contributed by atoms with E-state index >= 15 is 0 Å². The Hall–Kier alpha value is -1.99. The second kappa shape index (κ2) is 6.64. The van der Waals surface area contributed by atoms with Crippen LogP contribution in [0, 0.1) is 5.92 Å². The number of nitrogens with one attached hydrogen (secondary N) is 2. The van der Waals surface area contributed by atoms with Crippen molar-refractivity contribution >= 4 is 29.2 Å². The quantitative estimate of drug-likeness (QED) is 0.770. The van der Waals surface area contributed by atoms with Gasteiger partial charge < -0.3 is 15.2 Å².